The topological polar surface area (TPSA) is 101 Å². The van der Waals surface area contributed by atoms with Crippen LogP contribution in [0.2, 0.25) is 0 Å². The van der Waals surface area contributed by atoms with Crippen LogP contribution in [0, 0.1) is 10.1 Å². The number of hydrogen-bond acceptors (Lipinski definition) is 5. The molecule has 0 aliphatic carbocycles. The Kier molecular flexibility index (Phi) is 5.34. The molecule has 2 N–H and O–H groups in total. The lowest BCUT2D eigenvalue weighted by atomic mass is 10.3. The average Bonchev–Trinajstić information content (AvgIpc) is 2.36. The molecule has 0 saturated carbocycles. The van der Waals surface area contributed by atoms with Crippen LogP contribution in [0.1, 0.15) is 6.92 Å². The van der Waals surface area contributed by atoms with E-state index in [0.717, 1.165) is 18.2 Å². The standard InChI is InChI=1S/C10H13F2N3O4S/c1-2-13-8-5-7(15(16)17)3-4-9(8)20(18,19)14-6-10(11)12/h3-5,10,13-14H,2,6H2,1H3. The van der Waals surface area contributed by atoms with Gasteiger partial charge in [0, 0.05) is 18.7 Å². The van der Waals surface area contributed by atoms with Crippen molar-refractivity contribution >= 4 is 21.4 Å². The number of nitrogens with one attached hydrogen (secondary N) is 2. The number of nitro benzene ring substituents is 1. The molecule has 0 bridgehead atoms. The van der Waals surface area contributed by atoms with Gasteiger partial charge in [0.25, 0.3) is 12.1 Å². The summed E-state index contributed by atoms with van der Waals surface area (Å²) in [5.74, 6) is 0. The van der Waals surface area contributed by atoms with E-state index in [1.807, 2.05) is 0 Å². The van der Waals surface area contributed by atoms with Crippen LogP contribution in [0.3, 0.4) is 0 Å². The van der Waals surface area contributed by atoms with E-state index in [4.69, 9.17) is 0 Å². The Balaban J connectivity index is 3.19. The summed E-state index contributed by atoms with van der Waals surface area (Å²) in [7, 11) is -4.17. The summed E-state index contributed by atoms with van der Waals surface area (Å²) in [6, 6.07) is 3.04. The number of sulfonamides is 1. The van der Waals surface area contributed by atoms with Crippen molar-refractivity contribution < 1.29 is 22.1 Å². The fourth-order valence-corrected chi connectivity index (χ4v) is 2.61. The normalized spacial score (nSPS) is 11.6. The molecule has 0 saturated heterocycles. The first kappa shape index (κ1) is 16.2. The van der Waals surface area contributed by atoms with Gasteiger partial charge in [-0.3, -0.25) is 10.1 Å². The molecule has 0 aromatic heterocycles. The fourth-order valence-electron chi connectivity index (χ4n) is 1.44. The van der Waals surface area contributed by atoms with E-state index in [0.29, 0.717) is 6.54 Å². The molecule has 0 aliphatic rings. The molecule has 0 spiro atoms. The van der Waals surface area contributed by atoms with E-state index in [1.165, 1.54) is 0 Å². The molecule has 0 unspecified atom stereocenters. The second kappa shape index (κ2) is 6.57. The Morgan fingerprint density at radius 1 is 1.40 bits per heavy atom. The molecule has 112 valence electrons. The van der Waals surface area contributed by atoms with Gasteiger partial charge < -0.3 is 5.32 Å². The zero-order valence-electron chi connectivity index (χ0n) is 10.5. The number of anilines is 1. The van der Waals surface area contributed by atoms with Crippen molar-refractivity contribution in [2.24, 2.45) is 0 Å². The van der Waals surface area contributed by atoms with Gasteiger partial charge in [0.15, 0.2) is 0 Å². The lowest BCUT2D eigenvalue weighted by molar-refractivity contribution is -0.384. The van der Waals surface area contributed by atoms with Crippen LogP contribution in [0.5, 0.6) is 0 Å². The average molecular weight is 309 g/mol. The molecule has 0 radical (unpaired) electrons. The number of hydrogen-bond donors (Lipinski definition) is 2. The van der Waals surface area contributed by atoms with Crippen LogP contribution in [-0.2, 0) is 10.0 Å². The molecule has 20 heavy (non-hydrogen) atoms. The summed E-state index contributed by atoms with van der Waals surface area (Å²) in [5, 5.41) is 13.3. The minimum Gasteiger partial charge on any atom is -0.384 e. The third-order valence-corrected chi connectivity index (χ3v) is 3.74. The van der Waals surface area contributed by atoms with Crippen molar-refractivity contribution in [3.63, 3.8) is 0 Å². The van der Waals surface area contributed by atoms with E-state index < -0.39 is 27.9 Å². The third kappa shape index (κ3) is 4.10. The number of nitrogens with zero attached hydrogens (tertiary/aromatic N) is 1. The molecule has 1 rings (SSSR count). The lowest BCUT2D eigenvalue weighted by Gasteiger charge is -2.12. The van der Waals surface area contributed by atoms with E-state index >= 15 is 0 Å². The predicted octanol–water partition coefficient (Wildman–Crippen LogP) is 1.57. The largest absolute Gasteiger partial charge is 0.384 e. The minimum atomic E-state index is -4.17. The van der Waals surface area contributed by atoms with E-state index in [-0.39, 0.29) is 16.3 Å². The molecular formula is C10H13F2N3O4S. The Bertz CT molecular complexity index is 592. The summed E-state index contributed by atoms with van der Waals surface area (Å²) in [6.45, 7) is 0.964. The Morgan fingerprint density at radius 3 is 2.55 bits per heavy atom. The van der Waals surface area contributed by atoms with Gasteiger partial charge in [-0.05, 0) is 13.0 Å². The number of alkyl halides is 2. The number of nitro groups is 1. The van der Waals surface area contributed by atoms with Crippen LogP contribution in [-0.4, -0.2) is 32.9 Å². The molecule has 7 nitrogen and oxygen atoms in total. The highest BCUT2D eigenvalue weighted by molar-refractivity contribution is 7.89. The highest BCUT2D eigenvalue weighted by atomic mass is 32.2. The molecule has 0 amide bonds. The summed E-state index contributed by atoms with van der Waals surface area (Å²) in [6.07, 6.45) is -2.83. The highest BCUT2D eigenvalue weighted by Gasteiger charge is 2.22. The van der Waals surface area contributed by atoms with Crippen molar-refractivity contribution in [2.45, 2.75) is 18.2 Å². The first-order valence-corrected chi connectivity index (χ1v) is 7.06. The van der Waals surface area contributed by atoms with Crippen LogP contribution in [0.4, 0.5) is 20.2 Å². The summed E-state index contributed by atoms with van der Waals surface area (Å²) in [5.41, 5.74) is -0.308. The lowest BCUT2D eigenvalue weighted by Crippen LogP contribution is -2.29. The molecule has 0 aliphatic heterocycles. The number of rotatable bonds is 7. The van der Waals surface area contributed by atoms with E-state index in [9.17, 15) is 27.3 Å². The quantitative estimate of drug-likeness (QED) is 0.588. The Hall–Kier alpha value is -1.81. The molecule has 1 aromatic carbocycles. The SMILES string of the molecule is CCNc1cc([N+](=O)[O-])ccc1S(=O)(=O)NCC(F)F. The van der Waals surface area contributed by atoms with Gasteiger partial charge in [-0.2, -0.15) is 0 Å². The predicted molar refractivity (Wildman–Crippen MR) is 68.5 cm³/mol. The summed E-state index contributed by atoms with van der Waals surface area (Å²) >= 11 is 0. The van der Waals surface area contributed by atoms with E-state index in [1.54, 1.807) is 11.6 Å². The molecule has 0 atom stereocenters. The van der Waals surface area contributed by atoms with Crippen molar-refractivity contribution in [1.82, 2.24) is 4.72 Å². The van der Waals surface area contributed by atoms with Gasteiger partial charge in [0.1, 0.15) is 4.90 Å². The maximum Gasteiger partial charge on any atom is 0.271 e. The molecular weight excluding hydrogens is 296 g/mol. The summed E-state index contributed by atoms with van der Waals surface area (Å²) in [4.78, 5) is 9.66. The van der Waals surface area contributed by atoms with Crippen molar-refractivity contribution in [2.75, 3.05) is 18.4 Å². The zero-order valence-corrected chi connectivity index (χ0v) is 11.3. The first-order chi connectivity index (χ1) is 9.27. The van der Waals surface area contributed by atoms with Crippen LogP contribution in [0.15, 0.2) is 23.1 Å². The second-order valence-electron chi connectivity index (χ2n) is 3.71. The van der Waals surface area contributed by atoms with Gasteiger partial charge in [-0.25, -0.2) is 21.9 Å². The summed E-state index contributed by atoms with van der Waals surface area (Å²) < 4.78 is 49.6. The molecule has 1 aromatic rings. The first-order valence-electron chi connectivity index (χ1n) is 5.58. The fraction of sp³-hybridized carbons (Fsp3) is 0.400. The molecule has 0 fully saturated rings. The number of halogens is 2. The van der Waals surface area contributed by atoms with Gasteiger partial charge in [0.05, 0.1) is 17.2 Å². The van der Waals surface area contributed by atoms with Crippen molar-refractivity contribution in [3.05, 3.63) is 28.3 Å². The maximum absolute atomic E-state index is 12.1. The monoisotopic (exact) mass is 309 g/mol. The smallest absolute Gasteiger partial charge is 0.271 e. The van der Waals surface area contributed by atoms with Crippen LogP contribution < -0.4 is 10.0 Å². The van der Waals surface area contributed by atoms with Crippen molar-refractivity contribution in [1.29, 1.82) is 0 Å². The number of non-ortho nitro benzene ring substituents is 1. The van der Waals surface area contributed by atoms with Crippen LogP contribution >= 0.6 is 0 Å². The minimum absolute atomic E-state index is 0.0107. The van der Waals surface area contributed by atoms with Crippen LogP contribution in [0.25, 0.3) is 0 Å². The van der Waals surface area contributed by atoms with Gasteiger partial charge >= 0.3 is 0 Å². The molecule has 0 heterocycles. The Labute approximate surface area is 114 Å². The third-order valence-electron chi connectivity index (χ3n) is 2.26. The van der Waals surface area contributed by atoms with Gasteiger partial charge in [-0.15, -0.1) is 0 Å². The highest BCUT2D eigenvalue weighted by Crippen LogP contribution is 2.26. The van der Waals surface area contributed by atoms with Gasteiger partial charge in [0.2, 0.25) is 10.0 Å². The molecule has 10 heteroatoms. The Morgan fingerprint density at radius 2 is 2.05 bits per heavy atom. The van der Waals surface area contributed by atoms with Crippen molar-refractivity contribution in [3.8, 4) is 0 Å². The number of benzene rings is 1. The van der Waals surface area contributed by atoms with E-state index in [2.05, 4.69) is 5.32 Å². The van der Waals surface area contributed by atoms with Gasteiger partial charge in [-0.1, -0.05) is 0 Å². The zero-order chi connectivity index (χ0) is 15.3. The second-order valence-corrected chi connectivity index (χ2v) is 5.45. The maximum atomic E-state index is 12.1.